The van der Waals surface area contributed by atoms with Crippen molar-refractivity contribution in [2.45, 2.75) is 32.4 Å². The SMILES string of the molecule is CNC(C)CCN1CC(C)C(N(C)C)C1. The Balaban J connectivity index is 2.29. The summed E-state index contributed by atoms with van der Waals surface area (Å²) in [4.78, 5) is 4.97. The number of likely N-dealkylation sites (N-methyl/N-ethyl adjacent to an activating group) is 1. The molecule has 1 heterocycles. The van der Waals surface area contributed by atoms with Gasteiger partial charge in [0.25, 0.3) is 0 Å². The molecule has 1 rings (SSSR count). The summed E-state index contributed by atoms with van der Waals surface area (Å²) in [6, 6.07) is 1.38. The van der Waals surface area contributed by atoms with Crippen LogP contribution in [-0.4, -0.2) is 62.7 Å². The molecule has 1 saturated heterocycles. The number of hydrogen-bond donors (Lipinski definition) is 1. The van der Waals surface area contributed by atoms with E-state index < -0.39 is 0 Å². The molecule has 0 aliphatic carbocycles. The summed E-state index contributed by atoms with van der Waals surface area (Å²) in [6.07, 6.45) is 1.25. The molecule has 1 N–H and O–H groups in total. The average Bonchev–Trinajstić information content (AvgIpc) is 2.56. The van der Waals surface area contributed by atoms with Crippen molar-refractivity contribution >= 4 is 0 Å². The van der Waals surface area contributed by atoms with Crippen molar-refractivity contribution in [1.29, 1.82) is 0 Å². The molecule has 0 amide bonds. The summed E-state index contributed by atoms with van der Waals surface area (Å²) in [5.74, 6) is 0.810. The lowest BCUT2D eigenvalue weighted by molar-refractivity contribution is 0.249. The Bertz CT molecular complexity index is 182. The Labute approximate surface area is 94.8 Å². The van der Waals surface area contributed by atoms with Crippen LogP contribution in [0.5, 0.6) is 0 Å². The van der Waals surface area contributed by atoms with Gasteiger partial charge in [0.1, 0.15) is 0 Å². The third-order valence-electron chi connectivity index (χ3n) is 3.68. The van der Waals surface area contributed by atoms with E-state index in [1.165, 1.54) is 26.1 Å². The highest BCUT2D eigenvalue weighted by Gasteiger charge is 2.30. The minimum absolute atomic E-state index is 0.638. The molecule has 3 nitrogen and oxygen atoms in total. The molecule has 0 spiro atoms. The molecule has 0 aromatic rings. The van der Waals surface area contributed by atoms with Gasteiger partial charge < -0.3 is 15.1 Å². The monoisotopic (exact) mass is 213 g/mol. The molecule has 1 fully saturated rings. The third-order valence-corrected chi connectivity index (χ3v) is 3.68. The van der Waals surface area contributed by atoms with Gasteiger partial charge in [-0.25, -0.2) is 0 Å². The molecule has 90 valence electrons. The molecule has 0 aromatic carbocycles. The van der Waals surface area contributed by atoms with E-state index in [4.69, 9.17) is 0 Å². The van der Waals surface area contributed by atoms with Crippen LogP contribution in [0.15, 0.2) is 0 Å². The molecular weight excluding hydrogens is 186 g/mol. The van der Waals surface area contributed by atoms with Gasteiger partial charge in [0, 0.05) is 25.2 Å². The van der Waals surface area contributed by atoms with Crippen LogP contribution in [0.2, 0.25) is 0 Å². The molecule has 1 aliphatic heterocycles. The van der Waals surface area contributed by atoms with E-state index >= 15 is 0 Å². The fraction of sp³-hybridized carbons (Fsp3) is 1.00. The van der Waals surface area contributed by atoms with E-state index in [0.717, 1.165) is 12.0 Å². The first-order valence-electron chi connectivity index (χ1n) is 6.10. The summed E-state index contributed by atoms with van der Waals surface area (Å²) >= 11 is 0. The maximum atomic E-state index is 3.30. The third kappa shape index (κ3) is 3.74. The second kappa shape index (κ2) is 5.83. The predicted molar refractivity (Wildman–Crippen MR) is 66.2 cm³/mol. The zero-order chi connectivity index (χ0) is 11.4. The molecule has 0 radical (unpaired) electrons. The first kappa shape index (κ1) is 12.9. The van der Waals surface area contributed by atoms with Gasteiger partial charge in [0.05, 0.1) is 0 Å². The fourth-order valence-corrected chi connectivity index (χ4v) is 2.42. The van der Waals surface area contributed by atoms with E-state index in [-0.39, 0.29) is 0 Å². The van der Waals surface area contributed by atoms with Gasteiger partial charge in [-0.15, -0.1) is 0 Å². The molecular formula is C12H27N3. The lowest BCUT2D eigenvalue weighted by Crippen LogP contribution is -2.35. The van der Waals surface area contributed by atoms with Crippen LogP contribution < -0.4 is 5.32 Å². The molecule has 1 aliphatic rings. The van der Waals surface area contributed by atoms with Gasteiger partial charge >= 0.3 is 0 Å². The van der Waals surface area contributed by atoms with Gasteiger partial charge in [0.2, 0.25) is 0 Å². The second-order valence-electron chi connectivity index (χ2n) is 5.25. The van der Waals surface area contributed by atoms with Crippen LogP contribution in [0.1, 0.15) is 20.3 Å². The quantitative estimate of drug-likeness (QED) is 0.731. The van der Waals surface area contributed by atoms with Crippen molar-refractivity contribution in [2.75, 3.05) is 40.8 Å². The van der Waals surface area contributed by atoms with E-state index in [2.05, 4.69) is 43.1 Å². The fourth-order valence-electron chi connectivity index (χ4n) is 2.42. The van der Waals surface area contributed by atoms with Crippen molar-refractivity contribution in [2.24, 2.45) is 5.92 Å². The van der Waals surface area contributed by atoms with E-state index in [1.807, 2.05) is 7.05 Å². The highest BCUT2D eigenvalue weighted by Crippen LogP contribution is 2.19. The highest BCUT2D eigenvalue weighted by atomic mass is 15.2. The second-order valence-corrected chi connectivity index (χ2v) is 5.25. The summed E-state index contributed by atoms with van der Waals surface area (Å²) in [5.41, 5.74) is 0. The van der Waals surface area contributed by atoms with Gasteiger partial charge in [-0.05, 0) is 47.0 Å². The predicted octanol–water partition coefficient (Wildman–Crippen LogP) is 0.866. The normalized spacial score (nSPS) is 30.0. The average molecular weight is 213 g/mol. The molecule has 0 aromatic heterocycles. The summed E-state index contributed by atoms with van der Waals surface area (Å²) in [6.45, 7) is 8.36. The van der Waals surface area contributed by atoms with Gasteiger partial charge in [-0.2, -0.15) is 0 Å². The van der Waals surface area contributed by atoms with Gasteiger partial charge in [0.15, 0.2) is 0 Å². The first-order chi connectivity index (χ1) is 7.04. The van der Waals surface area contributed by atoms with E-state index in [9.17, 15) is 0 Å². The van der Waals surface area contributed by atoms with Gasteiger partial charge in [-0.1, -0.05) is 6.92 Å². The zero-order valence-corrected chi connectivity index (χ0v) is 11.0. The summed E-state index contributed by atoms with van der Waals surface area (Å²) < 4.78 is 0. The smallest absolute Gasteiger partial charge is 0.0254 e. The minimum atomic E-state index is 0.638. The Hall–Kier alpha value is -0.120. The van der Waals surface area contributed by atoms with Crippen molar-refractivity contribution in [3.63, 3.8) is 0 Å². The Morgan fingerprint density at radius 2 is 2.07 bits per heavy atom. The minimum Gasteiger partial charge on any atom is -0.317 e. The van der Waals surface area contributed by atoms with E-state index in [0.29, 0.717) is 6.04 Å². The number of hydrogen-bond acceptors (Lipinski definition) is 3. The maximum absolute atomic E-state index is 3.30. The van der Waals surface area contributed by atoms with E-state index in [1.54, 1.807) is 0 Å². The van der Waals surface area contributed by atoms with Crippen LogP contribution in [0.25, 0.3) is 0 Å². The van der Waals surface area contributed by atoms with Crippen LogP contribution >= 0.6 is 0 Å². The van der Waals surface area contributed by atoms with Crippen molar-refractivity contribution in [1.82, 2.24) is 15.1 Å². The van der Waals surface area contributed by atoms with Crippen LogP contribution in [-0.2, 0) is 0 Å². The van der Waals surface area contributed by atoms with Crippen molar-refractivity contribution in [3.8, 4) is 0 Å². The summed E-state index contributed by atoms with van der Waals surface area (Å²) in [5, 5.41) is 3.30. The largest absolute Gasteiger partial charge is 0.317 e. The highest BCUT2D eigenvalue weighted by molar-refractivity contribution is 4.86. The van der Waals surface area contributed by atoms with Crippen molar-refractivity contribution in [3.05, 3.63) is 0 Å². The lowest BCUT2D eigenvalue weighted by atomic mass is 10.1. The Kier molecular flexibility index (Phi) is 5.03. The molecule has 0 bridgehead atoms. The number of rotatable bonds is 5. The molecule has 3 unspecified atom stereocenters. The molecule has 3 heteroatoms. The van der Waals surface area contributed by atoms with Crippen LogP contribution in [0.4, 0.5) is 0 Å². The topological polar surface area (TPSA) is 18.5 Å². The number of nitrogens with one attached hydrogen (secondary N) is 1. The Morgan fingerprint density at radius 3 is 2.53 bits per heavy atom. The van der Waals surface area contributed by atoms with Crippen molar-refractivity contribution < 1.29 is 0 Å². The maximum Gasteiger partial charge on any atom is 0.0254 e. The standard InChI is InChI=1S/C12H27N3/c1-10-8-15(7-6-11(2)13-3)9-12(10)14(4)5/h10-13H,6-9H2,1-5H3. The van der Waals surface area contributed by atoms with Crippen LogP contribution in [0.3, 0.4) is 0 Å². The molecule has 3 atom stereocenters. The number of likely N-dealkylation sites (tertiary alicyclic amines) is 1. The first-order valence-corrected chi connectivity index (χ1v) is 6.10. The lowest BCUT2D eigenvalue weighted by Gasteiger charge is -2.23. The number of nitrogens with zero attached hydrogens (tertiary/aromatic N) is 2. The summed E-state index contributed by atoms with van der Waals surface area (Å²) in [7, 11) is 6.43. The van der Waals surface area contributed by atoms with Crippen LogP contribution in [0, 0.1) is 5.92 Å². The zero-order valence-electron chi connectivity index (χ0n) is 11.0. The molecule has 0 saturated carbocycles. The Morgan fingerprint density at radius 1 is 1.40 bits per heavy atom. The molecule has 15 heavy (non-hydrogen) atoms. The van der Waals surface area contributed by atoms with Gasteiger partial charge in [-0.3, -0.25) is 0 Å².